The molecule has 25 heavy (non-hydrogen) atoms. The van der Waals surface area contributed by atoms with Gasteiger partial charge in [-0.1, -0.05) is 0 Å². The number of benzene rings is 1. The second-order valence-electron chi connectivity index (χ2n) is 5.74. The van der Waals surface area contributed by atoms with Crippen molar-refractivity contribution < 1.29 is 14.7 Å². The molecule has 2 heterocycles. The van der Waals surface area contributed by atoms with E-state index >= 15 is 0 Å². The summed E-state index contributed by atoms with van der Waals surface area (Å²) in [6.07, 6.45) is 3.44. The van der Waals surface area contributed by atoms with Crippen LogP contribution in [0.5, 0.6) is 0 Å². The van der Waals surface area contributed by atoms with Crippen molar-refractivity contribution in [2.45, 2.75) is 0 Å². The molecule has 1 aromatic carbocycles. The maximum Gasteiger partial charge on any atom is 0.335 e. The lowest BCUT2D eigenvalue weighted by Gasteiger charge is -2.34. The number of aromatic carboxylic acids is 1. The molecule has 0 saturated carbocycles. The van der Waals surface area contributed by atoms with Gasteiger partial charge in [0.05, 0.1) is 12.1 Å². The van der Waals surface area contributed by atoms with Crippen molar-refractivity contribution in [3.05, 3.63) is 48.3 Å². The summed E-state index contributed by atoms with van der Waals surface area (Å²) in [7, 11) is 0. The topological polar surface area (TPSA) is 98.7 Å². The molecule has 0 aliphatic carbocycles. The molecule has 3 rings (SSSR count). The van der Waals surface area contributed by atoms with E-state index in [4.69, 9.17) is 5.11 Å². The van der Waals surface area contributed by atoms with Crippen LogP contribution in [-0.2, 0) is 4.79 Å². The number of anilines is 2. The largest absolute Gasteiger partial charge is 0.478 e. The average molecular weight is 341 g/mol. The van der Waals surface area contributed by atoms with Gasteiger partial charge in [0, 0.05) is 44.3 Å². The fourth-order valence-corrected chi connectivity index (χ4v) is 2.66. The molecule has 8 nitrogen and oxygen atoms in total. The number of hydrogen-bond donors (Lipinski definition) is 2. The predicted molar refractivity (Wildman–Crippen MR) is 92.7 cm³/mol. The van der Waals surface area contributed by atoms with E-state index in [0.717, 1.165) is 26.2 Å². The third kappa shape index (κ3) is 4.51. The molecule has 1 fully saturated rings. The van der Waals surface area contributed by atoms with Gasteiger partial charge in [-0.05, 0) is 30.3 Å². The molecule has 2 N–H and O–H groups in total. The van der Waals surface area contributed by atoms with Crippen LogP contribution in [0.3, 0.4) is 0 Å². The molecule has 2 aromatic rings. The summed E-state index contributed by atoms with van der Waals surface area (Å²) in [5.74, 6) is -0.393. The second-order valence-corrected chi connectivity index (χ2v) is 5.74. The Morgan fingerprint density at radius 2 is 1.68 bits per heavy atom. The molecule has 8 heteroatoms. The average Bonchev–Trinajstić information content (AvgIpc) is 2.63. The van der Waals surface area contributed by atoms with Gasteiger partial charge >= 0.3 is 5.97 Å². The summed E-state index contributed by atoms with van der Waals surface area (Å²) in [6, 6.07) is 7.90. The van der Waals surface area contributed by atoms with Gasteiger partial charge in [0.2, 0.25) is 11.9 Å². The van der Waals surface area contributed by atoms with Gasteiger partial charge in [0.1, 0.15) is 0 Å². The number of amides is 1. The van der Waals surface area contributed by atoms with Crippen molar-refractivity contribution in [3.8, 4) is 0 Å². The Morgan fingerprint density at radius 1 is 1.04 bits per heavy atom. The van der Waals surface area contributed by atoms with Crippen molar-refractivity contribution in [1.29, 1.82) is 0 Å². The number of aromatic nitrogens is 2. The molecular weight excluding hydrogens is 322 g/mol. The standard InChI is InChI=1S/C17H19N5O3/c23-15(20-14-4-2-13(3-5-14)16(24)25)12-21-8-10-22(11-9-21)17-18-6-1-7-19-17/h1-7H,8-12H2,(H,20,23)(H,24,25). The Kier molecular flexibility index (Phi) is 5.20. The van der Waals surface area contributed by atoms with Gasteiger partial charge < -0.3 is 15.3 Å². The maximum absolute atomic E-state index is 12.1. The summed E-state index contributed by atoms with van der Waals surface area (Å²) in [5.41, 5.74) is 0.781. The van der Waals surface area contributed by atoms with Gasteiger partial charge in [0.25, 0.3) is 0 Å². The van der Waals surface area contributed by atoms with Crippen LogP contribution in [0.2, 0.25) is 0 Å². The highest BCUT2D eigenvalue weighted by Crippen LogP contribution is 2.11. The number of hydrogen-bond acceptors (Lipinski definition) is 6. The minimum absolute atomic E-state index is 0.118. The summed E-state index contributed by atoms with van der Waals surface area (Å²) in [4.78, 5) is 35.6. The van der Waals surface area contributed by atoms with E-state index < -0.39 is 5.97 Å². The summed E-state index contributed by atoms with van der Waals surface area (Å²) in [6.45, 7) is 3.34. The first kappa shape index (κ1) is 16.8. The van der Waals surface area contributed by atoms with Gasteiger partial charge in [-0.3, -0.25) is 9.69 Å². The minimum atomic E-state index is -0.988. The van der Waals surface area contributed by atoms with Gasteiger partial charge in [-0.2, -0.15) is 0 Å². The first-order valence-electron chi connectivity index (χ1n) is 7.99. The van der Waals surface area contributed by atoms with Crippen LogP contribution in [0, 0.1) is 0 Å². The van der Waals surface area contributed by atoms with E-state index in [-0.39, 0.29) is 11.5 Å². The number of carboxylic acids is 1. The molecule has 130 valence electrons. The first-order chi connectivity index (χ1) is 12.1. The van der Waals surface area contributed by atoms with Crippen LogP contribution in [0.4, 0.5) is 11.6 Å². The van der Waals surface area contributed by atoms with E-state index in [0.29, 0.717) is 18.2 Å². The summed E-state index contributed by atoms with van der Waals surface area (Å²) in [5, 5.41) is 11.7. The molecule has 1 amide bonds. The monoisotopic (exact) mass is 341 g/mol. The van der Waals surface area contributed by atoms with Crippen molar-refractivity contribution >= 4 is 23.5 Å². The lowest BCUT2D eigenvalue weighted by molar-refractivity contribution is -0.117. The Balaban J connectivity index is 1.47. The van der Waals surface area contributed by atoms with E-state index in [1.807, 2.05) is 0 Å². The normalized spacial score (nSPS) is 15.0. The number of carboxylic acid groups (broad SMARTS) is 1. The number of nitrogens with zero attached hydrogens (tertiary/aromatic N) is 4. The minimum Gasteiger partial charge on any atom is -0.478 e. The number of carbonyl (C=O) groups excluding carboxylic acids is 1. The Bertz CT molecular complexity index is 728. The predicted octanol–water partition coefficient (Wildman–Crippen LogP) is 0.935. The van der Waals surface area contributed by atoms with E-state index in [1.165, 1.54) is 12.1 Å². The van der Waals surface area contributed by atoms with Crippen molar-refractivity contribution in [2.24, 2.45) is 0 Å². The molecule has 1 saturated heterocycles. The zero-order chi connectivity index (χ0) is 17.6. The molecule has 0 bridgehead atoms. The van der Waals surface area contributed by atoms with E-state index in [2.05, 4.69) is 25.1 Å². The van der Waals surface area contributed by atoms with Crippen LogP contribution in [0.1, 0.15) is 10.4 Å². The van der Waals surface area contributed by atoms with Crippen LogP contribution in [0.15, 0.2) is 42.7 Å². The Labute approximate surface area is 145 Å². The van der Waals surface area contributed by atoms with Crippen molar-refractivity contribution in [3.63, 3.8) is 0 Å². The Hall–Kier alpha value is -3.00. The zero-order valence-electron chi connectivity index (χ0n) is 13.6. The van der Waals surface area contributed by atoms with Gasteiger partial charge in [-0.25, -0.2) is 14.8 Å². The van der Waals surface area contributed by atoms with Crippen molar-refractivity contribution in [2.75, 3.05) is 42.9 Å². The highest BCUT2D eigenvalue weighted by Gasteiger charge is 2.20. The Morgan fingerprint density at radius 3 is 2.28 bits per heavy atom. The molecule has 0 spiro atoms. The molecule has 1 aliphatic heterocycles. The molecule has 0 radical (unpaired) electrons. The third-order valence-corrected chi connectivity index (χ3v) is 3.99. The number of piperazine rings is 1. The van der Waals surface area contributed by atoms with Gasteiger partial charge in [-0.15, -0.1) is 0 Å². The maximum atomic E-state index is 12.1. The lowest BCUT2D eigenvalue weighted by atomic mass is 10.2. The molecule has 1 aliphatic rings. The fraction of sp³-hybridized carbons (Fsp3) is 0.294. The smallest absolute Gasteiger partial charge is 0.335 e. The fourth-order valence-electron chi connectivity index (χ4n) is 2.66. The summed E-state index contributed by atoms with van der Waals surface area (Å²) >= 11 is 0. The van der Waals surface area contributed by atoms with Crippen LogP contribution in [0.25, 0.3) is 0 Å². The van der Waals surface area contributed by atoms with Crippen LogP contribution in [-0.4, -0.2) is 64.6 Å². The number of rotatable bonds is 5. The second kappa shape index (κ2) is 7.71. The van der Waals surface area contributed by atoms with E-state index in [1.54, 1.807) is 30.6 Å². The number of nitrogens with one attached hydrogen (secondary N) is 1. The van der Waals surface area contributed by atoms with Crippen molar-refractivity contribution in [1.82, 2.24) is 14.9 Å². The quantitative estimate of drug-likeness (QED) is 0.835. The highest BCUT2D eigenvalue weighted by molar-refractivity contribution is 5.93. The SMILES string of the molecule is O=C(CN1CCN(c2ncccn2)CC1)Nc1ccc(C(=O)O)cc1. The first-order valence-corrected chi connectivity index (χ1v) is 7.99. The molecule has 0 unspecified atom stereocenters. The molecule has 0 atom stereocenters. The molecule has 1 aromatic heterocycles. The zero-order valence-corrected chi connectivity index (χ0v) is 13.6. The van der Waals surface area contributed by atoms with E-state index in [9.17, 15) is 9.59 Å². The van der Waals surface area contributed by atoms with Gasteiger partial charge in [0.15, 0.2) is 0 Å². The van der Waals surface area contributed by atoms with Crippen LogP contribution < -0.4 is 10.2 Å². The molecular formula is C17H19N5O3. The van der Waals surface area contributed by atoms with Crippen LogP contribution >= 0.6 is 0 Å². The summed E-state index contributed by atoms with van der Waals surface area (Å²) < 4.78 is 0. The lowest BCUT2D eigenvalue weighted by Crippen LogP contribution is -2.49. The third-order valence-electron chi connectivity index (χ3n) is 3.99. The highest BCUT2D eigenvalue weighted by atomic mass is 16.4. The number of carbonyl (C=O) groups is 2.